The second kappa shape index (κ2) is 9.55. The molecule has 2 aromatic rings. The molecule has 6 heteroatoms. The molecule has 0 aromatic heterocycles. The first-order chi connectivity index (χ1) is 13.9. The summed E-state index contributed by atoms with van der Waals surface area (Å²) in [6, 6.07) is 15.5. The van der Waals surface area contributed by atoms with Crippen LogP contribution in [0.4, 0.5) is 8.78 Å². The Bertz CT molecular complexity index is 759. The van der Waals surface area contributed by atoms with E-state index in [2.05, 4.69) is 30.9 Å². The highest BCUT2D eigenvalue weighted by atomic mass is 19.3. The molecule has 1 atom stereocenters. The van der Waals surface area contributed by atoms with Crippen molar-refractivity contribution in [3.63, 3.8) is 0 Å². The van der Waals surface area contributed by atoms with Crippen molar-refractivity contribution >= 4 is 0 Å². The van der Waals surface area contributed by atoms with Gasteiger partial charge < -0.3 is 19.5 Å². The van der Waals surface area contributed by atoms with Crippen molar-refractivity contribution in [2.24, 2.45) is 0 Å². The molecule has 1 aliphatic rings. The Morgan fingerprint density at radius 2 is 1.45 bits per heavy atom. The van der Waals surface area contributed by atoms with Gasteiger partial charge in [-0.25, -0.2) is 8.78 Å². The third kappa shape index (κ3) is 6.15. The zero-order chi connectivity index (χ0) is 20.9. The second-order valence-electron chi connectivity index (χ2n) is 7.93. The Morgan fingerprint density at radius 1 is 0.931 bits per heavy atom. The van der Waals surface area contributed by atoms with Gasteiger partial charge in [0.2, 0.25) is 0 Å². The van der Waals surface area contributed by atoms with Gasteiger partial charge in [-0.05, 0) is 41.8 Å². The first-order valence-electron chi connectivity index (χ1n) is 10.0. The number of hydrogen-bond acceptors (Lipinski definition) is 4. The smallest absolute Gasteiger partial charge is 0.267 e. The summed E-state index contributed by atoms with van der Waals surface area (Å²) < 4.78 is 35.7. The lowest BCUT2D eigenvalue weighted by atomic mass is 9.78. The van der Waals surface area contributed by atoms with Crippen molar-refractivity contribution in [1.82, 2.24) is 4.90 Å². The number of benzene rings is 2. The molecule has 0 amide bonds. The van der Waals surface area contributed by atoms with Gasteiger partial charge in [-0.15, -0.1) is 0 Å². The van der Waals surface area contributed by atoms with Crippen molar-refractivity contribution in [2.75, 3.05) is 32.8 Å². The van der Waals surface area contributed by atoms with Crippen LogP contribution in [0.25, 0.3) is 0 Å². The van der Waals surface area contributed by atoms with E-state index in [1.165, 1.54) is 13.1 Å². The van der Waals surface area contributed by atoms with Crippen LogP contribution >= 0.6 is 0 Å². The van der Waals surface area contributed by atoms with E-state index in [9.17, 15) is 8.78 Å². The fourth-order valence-electron chi connectivity index (χ4n) is 3.13. The van der Waals surface area contributed by atoms with Crippen LogP contribution in [-0.2, 0) is 5.41 Å². The average molecular weight is 405 g/mol. The van der Waals surface area contributed by atoms with Gasteiger partial charge in [0.05, 0.1) is 6.61 Å². The summed E-state index contributed by atoms with van der Waals surface area (Å²) >= 11 is 0. The van der Waals surface area contributed by atoms with Crippen LogP contribution in [0.2, 0.25) is 0 Å². The lowest BCUT2D eigenvalue weighted by molar-refractivity contribution is -0.0283. The number of alkyl halides is 2. The summed E-state index contributed by atoms with van der Waals surface area (Å²) in [6.07, 6.45) is -3.55. The van der Waals surface area contributed by atoms with Crippen molar-refractivity contribution in [1.29, 1.82) is 0 Å². The van der Waals surface area contributed by atoms with Crippen molar-refractivity contribution in [3.05, 3.63) is 59.7 Å². The third-order valence-electron chi connectivity index (χ3n) is 5.29. The van der Waals surface area contributed by atoms with E-state index in [1.54, 1.807) is 12.1 Å². The lowest BCUT2D eigenvalue weighted by Gasteiger charge is -2.26. The molecule has 1 aliphatic heterocycles. The minimum absolute atomic E-state index is 0.237. The van der Waals surface area contributed by atoms with Crippen LogP contribution in [0.15, 0.2) is 48.5 Å². The number of aliphatic hydroxyl groups is 1. The van der Waals surface area contributed by atoms with E-state index >= 15 is 0 Å². The number of nitrogens with zero attached hydrogens (tertiary/aromatic N) is 1. The molecule has 4 nitrogen and oxygen atoms in total. The zero-order valence-electron chi connectivity index (χ0n) is 17.0. The minimum atomic E-state index is -2.81. The Labute approximate surface area is 171 Å². The van der Waals surface area contributed by atoms with E-state index in [-0.39, 0.29) is 5.41 Å². The van der Waals surface area contributed by atoms with Crippen LogP contribution in [0, 0.1) is 0 Å². The molecule has 1 unspecified atom stereocenters. The average Bonchev–Trinajstić information content (AvgIpc) is 3.54. The third-order valence-corrected chi connectivity index (χ3v) is 5.29. The molecule has 1 N–H and O–H groups in total. The number of ether oxygens (including phenoxy) is 2. The quantitative estimate of drug-likeness (QED) is 0.451. The zero-order valence-corrected chi connectivity index (χ0v) is 17.0. The summed E-state index contributed by atoms with van der Waals surface area (Å²) in [5, 5.41) is 9.15. The normalized spacial score (nSPS) is 15.4. The Morgan fingerprint density at radius 3 is 1.93 bits per heavy atom. The van der Waals surface area contributed by atoms with E-state index < -0.39 is 19.1 Å². The molecular formula is C23H29F2NO3. The van der Waals surface area contributed by atoms with Crippen LogP contribution in [0.1, 0.15) is 31.4 Å². The second-order valence-corrected chi connectivity index (χ2v) is 7.93. The maximum Gasteiger partial charge on any atom is 0.267 e. The molecule has 3 rings (SSSR count). The highest BCUT2D eigenvalue weighted by Gasteiger charge is 2.23. The topological polar surface area (TPSA) is 41.7 Å². The van der Waals surface area contributed by atoms with Gasteiger partial charge in [0.1, 0.15) is 24.2 Å². The Kier molecular flexibility index (Phi) is 7.09. The van der Waals surface area contributed by atoms with Gasteiger partial charge in [-0.2, -0.15) is 0 Å². The number of rotatable bonds is 11. The number of hydrogen-bond donors (Lipinski definition) is 1. The van der Waals surface area contributed by atoms with E-state index in [1.807, 2.05) is 24.3 Å². The first kappa shape index (κ1) is 21.5. The van der Waals surface area contributed by atoms with Crippen LogP contribution in [0.5, 0.6) is 11.5 Å². The van der Waals surface area contributed by atoms with Gasteiger partial charge in [-0.3, -0.25) is 0 Å². The monoisotopic (exact) mass is 405 g/mol. The van der Waals surface area contributed by atoms with Crippen LogP contribution < -0.4 is 9.47 Å². The van der Waals surface area contributed by atoms with Gasteiger partial charge in [0.15, 0.2) is 0 Å². The lowest BCUT2D eigenvalue weighted by Crippen LogP contribution is -2.25. The number of halogens is 2. The fourth-order valence-corrected chi connectivity index (χ4v) is 3.13. The predicted octanol–water partition coefficient (Wildman–Crippen LogP) is 4.10. The van der Waals surface area contributed by atoms with Crippen molar-refractivity contribution in [2.45, 2.75) is 38.2 Å². The molecule has 1 heterocycles. The minimum Gasteiger partial charge on any atom is -0.494 e. The summed E-state index contributed by atoms with van der Waals surface area (Å²) in [5.41, 5.74) is 1.99. The maximum atomic E-state index is 12.3. The van der Waals surface area contributed by atoms with E-state index in [0.29, 0.717) is 5.75 Å². The van der Waals surface area contributed by atoms with Gasteiger partial charge in [0.25, 0.3) is 6.43 Å². The van der Waals surface area contributed by atoms with Crippen molar-refractivity contribution < 1.29 is 23.4 Å². The largest absolute Gasteiger partial charge is 0.494 e. The molecule has 158 valence electrons. The molecule has 0 radical (unpaired) electrons. The summed E-state index contributed by atoms with van der Waals surface area (Å²) in [7, 11) is 0. The maximum absolute atomic E-state index is 12.3. The Hall–Kier alpha value is -2.18. The highest BCUT2D eigenvalue weighted by Crippen LogP contribution is 2.33. The summed E-state index contributed by atoms with van der Waals surface area (Å²) in [6.45, 7) is 8.09. The molecule has 0 spiro atoms. The van der Waals surface area contributed by atoms with Gasteiger partial charge in [0, 0.05) is 25.0 Å². The fraction of sp³-hybridized carbons (Fsp3) is 0.478. The molecular weight excluding hydrogens is 376 g/mol. The molecule has 0 bridgehead atoms. The molecule has 2 aromatic carbocycles. The molecule has 1 fully saturated rings. The van der Waals surface area contributed by atoms with Crippen LogP contribution in [-0.4, -0.2) is 55.4 Å². The summed E-state index contributed by atoms with van der Waals surface area (Å²) in [4.78, 5) is 2.38. The number of aliphatic hydroxyl groups excluding tert-OH is 1. The van der Waals surface area contributed by atoms with E-state index in [4.69, 9.17) is 14.6 Å². The molecule has 0 aliphatic carbocycles. The van der Waals surface area contributed by atoms with Crippen LogP contribution in [0.3, 0.4) is 0 Å². The first-order valence-corrected chi connectivity index (χ1v) is 10.0. The van der Waals surface area contributed by atoms with E-state index in [0.717, 1.165) is 36.4 Å². The molecule has 0 saturated carbocycles. The predicted molar refractivity (Wildman–Crippen MR) is 109 cm³/mol. The van der Waals surface area contributed by atoms with Gasteiger partial charge in [-0.1, -0.05) is 38.1 Å². The molecule has 1 saturated heterocycles. The summed E-state index contributed by atoms with van der Waals surface area (Å²) in [5.74, 6) is 1.33. The van der Waals surface area contributed by atoms with Gasteiger partial charge >= 0.3 is 0 Å². The van der Waals surface area contributed by atoms with Crippen molar-refractivity contribution in [3.8, 4) is 11.5 Å². The Balaban J connectivity index is 1.55. The SMILES string of the molecule is CC(C)(c1ccc(OCCCN2CC2)cc1)c1ccc(OCC(O)C(F)F)cc1. The highest BCUT2D eigenvalue weighted by molar-refractivity contribution is 5.41. The standard InChI is InChI=1S/C23H29F2NO3/c1-23(2,18-6-10-20(11-7-18)29-16-21(27)22(24)25)17-4-8-19(9-5-17)28-15-3-12-26-13-14-26/h4-11,21-22,27H,3,12-16H2,1-2H3. The molecule has 29 heavy (non-hydrogen) atoms.